The maximum atomic E-state index is 14.4. The minimum atomic E-state index is -1.74. The highest BCUT2D eigenvalue weighted by Crippen LogP contribution is 2.47. The van der Waals surface area contributed by atoms with Gasteiger partial charge in [0.05, 0.1) is 19.0 Å². The summed E-state index contributed by atoms with van der Waals surface area (Å²) in [5, 5.41) is 34.9. The second-order valence-electron chi connectivity index (χ2n) is 15.6. The van der Waals surface area contributed by atoms with E-state index in [0.29, 0.717) is 11.1 Å². The molecule has 0 bridgehead atoms. The Balaban J connectivity index is 2.11. The predicted octanol–water partition coefficient (Wildman–Crippen LogP) is -0.387. The van der Waals surface area contributed by atoms with Crippen molar-refractivity contribution in [2.75, 3.05) is 6.54 Å². The lowest BCUT2D eigenvalue weighted by molar-refractivity contribution is -0.141. The van der Waals surface area contributed by atoms with E-state index in [1.54, 1.807) is 84.0 Å². The summed E-state index contributed by atoms with van der Waals surface area (Å²) in [5.74, 6) is -7.83. The molecule has 1 aliphatic rings. The summed E-state index contributed by atoms with van der Waals surface area (Å²) >= 11 is 0. The van der Waals surface area contributed by atoms with Crippen molar-refractivity contribution in [3.63, 3.8) is 0 Å². The highest BCUT2D eigenvalue weighted by Gasteiger charge is 2.46. The summed E-state index contributed by atoms with van der Waals surface area (Å²) in [5.41, 5.74) is 12.7. The van der Waals surface area contributed by atoms with E-state index in [9.17, 15) is 48.6 Å². The van der Waals surface area contributed by atoms with Crippen LogP contribution in [0.25, 0.3) is 0 Å². The first kappa shape index (κ1) is 48.0. The minimum Gasteiger partial charge on any atom is -0.508 e. The van der Waals surface area contributed by atoms with Crippen molar-refractivity contribution in [1.82, 2.24) is 31.9 Å². The molecule has 1 fully saturated rings. The molecule has 1 saturated heterocycles. The molecule has 1 aliphatic heterocycles. The molecule has 0 aliphatic carbocycles. The third kappa shape index (κ3) is 14.5. The average molecular weight is 859 g/mol. The lowest BCUT2D eigenvalue weighted by Crippen LogP contribution is -2.65. The molecule has 20 heteroatoms. The molecule has 1 heterocycles. The number of aromatic hydroxyl groups is 1. The molecule has 6 atom stereocenters. The smallest absolute Gasteiger partial charge is 0.305 e. The Morgan fingerprint density at radius 3 is 1.95 bits per heavy atom. The van der Waals surface area contributed by atoms with Gasteiger partial charge < -0.3 is 53.6 Å². The number of carboxylic acid groups (broad SMARTS) is 1. The topological polar surface area (TPSA) is 301 Å². The van der Waals surface area contributed by atoms with E-state index in [0.717, 1.165) is 21.6 Å². The van der Waals surface area contributed by atoms with Crippen molar-refractivity contribution in [1.29, 1.82) is 0 Å². The first-order valence-corrected chi connectivity index (χ1v) is 20.9. The van der Waals surface area contributed by atoms with Crippen LogP contribution in [0.2, 0.25) is 0 Å². The van der Waals surface area contributed by atoms with Gasteiger partial charge in [0.25, 0.3) is 0 Å². The molecule has 7 amide bonds. The third-order valence-electron chi connectivity index (χ3n) is 9.30. The molecule has 2 aromatic rings. The molecule has 18 nitrogen and oxygen atoms in total. The van der Waals surface area contributed by atoms with Crippen LogP contribution in [0.5, 0.6) is 5.75 Å². The fourth-order valence-corrected chi connectivity index (χ4v) is 8.74. The van der Waals surface area contributed by atoms with Gasteiger partial charge >= 0.3 is 5.97 Å². The Kier molecular flexibility index (Phi) is 17.2. The van der Waals surface area contributed by atoms with Crippen molar-refractivity contribution in [3.8, 4) is 5.75 Å². The largest absolute Gasteiger partial charge is 0.508 e. The number of hydrogen-bond acceptors (Lipinski definition) is 12. The molecular formula is C39H54N8O10S2. The number of carboxylic acids is 1. The van der Waals surface area contributed by atoms with Gasteiger partial charge in [-0.25, -0.2) is 0 Å². The molecule has 0 unspecified atom stereocenters. The Hall–Kier alpha value is -5.34. The normalized spacial score (nSPS) is 21.9. The van der Waals surface area contributed by atoms with Gasteiger partial charge in [-0.15, -0.1) is 0 Å². The number of aliphatic carboxylic acids is 1. The first-order valence-electron chi connectivity index (χ1n) is 18.7. The van der Waals surface area contributed by atoms with E-state index in [1.165, 1.54) is 12.1 Å². The van der Waals surface area contributed by atoms with Crippen molar-refractivity contribution in [2.45, 2.75) is 107 Å². The van der Waals surface area contributed by atoms with Crippen LogP contribution in [0.3, 0.4) is 0 Å². The van der Waals surface area contributed by atoms with Gasteiger partial charge in [0, 0.05) is 15.9 Å². The van der Waals surface area contributed by atoms with Crippen molar-refractivity contribution in [3.05, 3.63) is 65.7 Å². The van der Waals surface area contributed by atoms with Crippen LogP contribution in [-0.4, -0.2) is 110 Å². The first-order chi connectivity index (χ1) is 27.5. The van der Waals surface area contributed by atoms with Gasteiger partial charge in [-0.05, 0) is 63.3 Å². The van der Waals surface area contributed by atoms with E-state index in [4.69, 9.17) is 11.5 Å². The number of phenols is 1. The number of phenolic OH excluding ortho intramolecular Hbond substituents is 1. The van der Waals surface area contributed by atoms with Crippen LogP contribution >= 0.6 is 21.6 Å². The third-order valence-corrected chi connectivity index (χ3v) is 13.5. The van der Waals surface area contributed by atoms with Gasteiger partial charge in [0.15, 0.2) is 0 Å². The van der Waals surface area contributed by atoms with Gasteiger partial charge in [0.2, 0.25) is 41.4 Å². The number of carbonyl (C=O) groups is 8. The zero-order chi connectivity index (χ0) is 44.2. The summed E-state index contributed by atoms with van der Waals surface area (Å²) in [6, 6.07) is 6.29. The van der Waals surface area contributed by atoms with Crippen molar-refractivity contribution < 1.29 is 48.6 Å². The molecule has 12 N–H and O–H groups in total. The second kappa shape index (κ2) is 21.1. The van der Waals surface area contributed by atoms with Crippen LogP contribution < -0.4 is 43.4 Å². The van der Waals surface area contributed by atoms with E-state index in [-0.39, 0.29) is 18.6 Å². The summed E-state index contributed by atoms with van der Waals surface area (Å²) in [4.78, 5) is 107. The Morgan fingerprint density at radius 1 is 0.797 bits per heavy atom. The molecule has 3 rings (SSSR count). The van der Waals surface area contributed by atoms with E-state index in [2.05, 4.69) is 31.9 Å². The maximum absolute atomic E-state index is 14.4. The van der Waals surface area contributed by atoms with E-state index < -0.39 is 112 Å². The van der Waals surface area contributed by atoms with Gasteiger partial charge in [-0.3, -0.25) is 38.4 Å². The SMILES string of the molecule is CC(C)[C@H](NC(=O)[C@@H]1NC(=O)[C@H](CC(=O)O)NC(=O)[C@H](Cc2ccccc2)NC(=O)[C@H](NC(=O)[C@@H](N)Cc2ccc(O)cc2)C(C)(C)SSC1(C)C)C(=O)NCC(N)=O. The molecule has 0 radical (unpaired) electrons. The fraction of sp³-hybridized carbons (Fsp3) is 0.487. The highest BCUT2D eigenvalue weighted by molar-refractivity contribution is 8.77. The average Bonchev–Trinajstić information content (AvgIpc) is 3.15. The summed E-state index contributed by atoms with van der Waals surface area (Å²) in [6.45, 7) is 9.28. The maximum Gasteiger partial charge on any atom is 0.305 e. The van der Waals surface area contributed by atoms with E-state index in [1.807, 2.05) is 0 Å². The number of rotatable bonds is 14. The standard InChI is InChI=1S/C39H54N8O10S2/c1-20(2)29(35(55)42-19-27(41)49)45-37(57)31-39(5,6)59-58-38(3,4)30(46-32(52)24(40)16-22-12-14-23(48)15-13-22)36(56)44-25(17-21-10-8-7-9-11-21)33(53)43-26(18-28(50)51)34(54)47-31/h7-15,20,24-26,29-31,48H,16-19,40H2,1-6H3,(H2,41,49)(H,42,55)(H,43,53)(H,44,56)(H,45,57)(H,46,52)(H,47,54)(H,50,51)/t24-,25-,26-,29-,30-,31-/m0/s1. The van der Waals surface area contributed by atoms with Crippen molar-refractivity contribution in [2.24, 2.45) is 17.4 Å². The van der Waals surface area contributed by atoms with Gasteiger partial charge in [0.1, 0.15) is 36.0 Å². The molecule has 59 heavy (non-hydrogen) atoms. The number of nitrogens with two attached hydrogens (primary N) is 2. The molecule has 2 aromatic carbocycles. The molecule has 0 aromatic heterocycles. The van der Waals surface area contributed by atoms with Crippen LogP contribution in [0, 0.1) is 5.92 Å². The van der Waals surface area contributed by atoms with E-state index >= 15 is 0 Å². The van der Waals surface area contributed by atoms with Crippen molar-refractivity contribution >= 4 is 68.9 Å². The van der Waals surface area contributed by atoms with Crippen LogP contribution in [0.4, 0.5) is 0 Å². The second-order valence-corrected chi connectivity index (χ2v) is 19.0. The molecule has 0 spiro atoms. The lowest BCUT2D eigenvalue weighted by atomic mass is 9.98. The summed E-state index contributed by atoms with van der Waals surface area (Å²) in [6.07, 6.45) is -0.959. The van der Waals surface area contributed by atoms with Crippen LogP contribution in [0.1, 0.15) is 59.1 Å². The minimum absolute atomic E-state index is 0.0236. The molecule has 322 valence electrons. The highest BCUT2D eigenvalue weighted by atomic mass is 33.1. The van der Waals surface area contributed by atoms with Gasteiger partial charge in [-0.2, -0.15) is 0 Å². The Bertz CT molecular complexity index is 1860. The fourth-order valence-electron chi connectivity index (χ4n) is 5.92. The monoisotopic (exact) mass is 858 g/mol. The Labute approximate surface area is 350 Å². The predicted molar refractivity (Wildman–Crippen MR) is 222 cm³/mol. The number of carbonyl (C=O) groups excluding carboxylic acids is 7. The lowest BCUT2D eigenvalue weighted by Gasteiger charge is -2.40. The summed E-state index contributed by atoms with van der Waals surface area (Å²) < 4.78 is -2.55. The molecule has 0 saturated carbocycles. The zero-order valence-electron chi connectivity index (χ0n) is 33.7. The molecular weight excluding hydrogens is 805 g/mol. The number of amides is 7. The number of primary amides is 1. The quantitative estimate of drug-likeness (QED) is 0.109. The Morgan fingerprint density at radius 2 is 1.37 bits per heavy atom. The summed E-state index contributed by atoms with van der Waals surface area (Å²) in [7, 11) is 2.14. The zero-order valence-corrected chi connectivity index (χ0v) is 35.3. The number of hydrogen-bond donors (Lipinski definition) is 10. The number of nitrogens with one attached hydrogen (secondary N) is 6. The van der Waals surface area contributed by atoms with Gasteiger partial charge in [-0.1, -0.05) is 77.9 Å². The van der Waals surface area contributed by atoms with Crippen LogP contribution in [0.15, 0.2) is 54.6 Å². The van der Waals surface area contributed by atoms with Crippen LogP contribution in [-0.2, 0) is 51.2 Å². The number of benzene rings is 2.